The highest BCUT2D eigenvalue weighted by Crippen LogP contribution is 2.16. The summed E-state index contributed by atoms with van der Waals surface area (Å²) < 4.78 is 11.3. The topological polar surface area (TPSA) is 37.6 Å². The summed E-state index contributed by atoms with van der Waals surface area (Å²) in [6, 6.07) is 3.15. The van der Waals surface area contributed by atoms with Gasteiger partial charge in [-0.3, -0.25) is 0 Å². The average molecular weight is 280 g/mol. The molecule has 1 aliphatic rings. The van der Waals surface area contributed by atoms with E-state index < -0.39 is 0 Å². The van der Waals surface area contributed by atoms with Crippen molar-refractivity contribution in [2.24, 2.45) is 0 Å². The lowest BCUT2D eigenvalue weighted by molar-refractivity contribution is 0.0374. The Morgan fingerprint density at radius 3 is 3.05 bits per heavy atom. The molecule has 0 spiro atoms. The minimum atomic E-state index is 0.492. The highest BCUT2D eigenvalue weighted by atomic mass is 16.5. The van der Waals surface area contributed by atoms with E-state index >= 15 is 0 Å². The van der Waals surface area contributed by atoms with Crippen LogP contribution in [0.1, 0.15) is 44.4 Å². The van der Waals surface area contributed by atoms with Crippen molar-refractivity contribution in [3.05, 3.63) is 23.7 Å². The number of piperidine rings is 1. The van der Waals surface area contributed by atoms with Crippen molar-refractivity contribution in [1.29, 1.82) is 0 Å². The molecule has 0 bridgehead atoms. The van der Waals surface area contributed by atoms with Gasteiger partial charge in [0.25, 0.3) is 0 Å². The molecule has 0 amide bonds. The van der Waals surface area contributed by atoms with Crippen molar-refractivity contribution in [3.8, 4) is 0 Å². The minimum Gasteiger partial charge on any atom is -0.467 e. The Bertz CT molecular complexity index is 390. The zero-order valence-corrected chi connectivity index (χ0v) is 13.0. The second-order valence-electron chi connectivity index (χ2n) is 6.10. The maximum absolute atomic E-state index is 5.81. The summed E-state index contributed by atoms with van der Waals surface area (Å²) in [7, 11) is 2.19. The summed E-state index contributed by atoms with van der Waals surface area (Å²) in [6.45, 7) is 7.71. The Balaban J connectivity index is 1.68. The molecule has 114 valence electrons. The lowest BCUT2D eigenvalue weighted by atomic mass is 10.0. The van der Waals surface area contributed by atoms with Crippen LogP contribution >= 0.6 is 0 Å². The van der Waals surface area contributed by atoms with Crippen LogP contribution in [0.25, 0.3) is 0 Å². The third-order valence-electron chi connectivity index (χ3n) is 3.90. The lowest BCUT2D eigenvalue weighted by Gasteiger charge is -2.32. The summed E-state index contributed by atoms with van der Waals surface area (Å²) >= 11 is 0. The first-order chi connectivity index (χ1) is 9.65. The third-order valence-corrected chi connectivity index (χ3v) is 3.90. The number of nitrogens with one attached hydrogen (secondary N) is 1. The lowest BCUT2D eigenvalue weighted by Crippen LogP contribution is -2.39. The highest BCUT2D eigenvalue weighted by molar-refractivity contribution is 5.12. The second kappa shape index (κ2) is 7.81. The molecule has 1 aliphatic heterocycles. The number of hydrogen-bond acceptors (Lipinski definition) is 4. The highest BCUT2D eigenvalue weighted by Gasteiger charge is 2.18. The average Bonchev–Trinajstić information content (AvgIpc) is 2.87. The summed E-state index contributed by atoms with van der Waals surface area (Å²) in [5.41, 5.74) is 1.19. The third kappa shape index (κ3) is 4.93. The quantitative estimate of drug-likeness (QED) is 0.833. The smallest absolute Gasteiger partial charge is 0.129 e. The molecule has 4 heteroatoms. The Labute approximate surface area is 122 Å². The monoisotopic (exact) mass is 280 g/mol. The van der Waals surface area contributed by atoms with Gasteiger partial charge in [-0.25, -0.2) is 0 Å². The van der Waals surface area contributed by atoms with Crippen molar-refractivity contribution in [2.45, 2.75) is 58.3 Å². The minimum absolute atomic E-state index is 0.492. The molecular weight excluding hydrogens is 252 g/mol. The fourth-order valence-electron chi connectivity index (χ4n) is 2.57. The van der Waals surface area contributed by atoms with Crippen LogP contribution in [0, 0.1) is 0 Å². The van der Waals surface area contributed by atoms with E-state index in [9.17, 15) is 0 Å². The molecule has 1 aromatic heterocycles. The van der Waals surface area contributed by atoms with E-state index in [1.165, 1.54) is 31.4 Å². The Morgan fingerprint density at radius 2 is 2.30 bits per heavy atom. The van der Waals surface area contributed by atoms with Crippen molar-refractivity contribution >= 4 is 0 Å². The molecule has 1 fully saturated rings. The number of nitrogens with zero attached hydrogens (tertiary/aromatic N) is 1. The maximum atomic E-state index is 5.81. The second-order valence-corrected chi connectivity index (χ2v) is 6.10. The summed E-state index contributed by atoms with van der Waals surface area (Å²) in [5.74, 6) is 0.920. The Hall–Kier alpha value is -0.840. The van der Waals surface area contributed by atoms with Crippen molar-refractivity contribution < 1.29 is 9.15 Å². The van der Waals surface area contributed by atoms with Gasteiger partial charge in [0.2, 0.25) is 0 Å². The molecule has 1 unspecified atom stereocenters. The zero-order valence-electron chi connectivity index (χ0n) is 13.0. The van der Waals surface area contributed by atoms with Gasteiger partial charge in [0.1, 0.15) is 12.4 Å². The predicted molar refractivity (Wildman–Crippen MR) is 80.6 cm³/mol. The van der Waals surface area contributed by atoms with Gasteiger partial charge in [-0.1, -0.05) is 20.3 Å². The van der Waals surface area contributed by atoms with Gasteiger partial charge >= 0.3 is 0 Å². The number of likely N-dealkylation sites (N-methyl/N-ethyl adjacent to an activating group) is 1. The number of hydrogen-bond donors (Lipinski definition) is 1. The van der Waals surface area contributed by atoms with Crippen LogP contribution in [0.2, 0.25) is 0 Å². The summed E-state index contributed by atoms with van der Waals surface area (Å²) in [5, 5.41) is 3.38. The van der Waals surface area contributed by atoms with Gasteiger partial charge < -0.3 is 19.4 Å². The number of ether oxygens (including phenoxy) is 1. The van der Waals surface area contributed by atoms with Gasteiger partial charge in [-0.2, -0.15) is 0 Å². The zero-order chi connectivity index (χ0) is 14.4. The number of furan rings is 1. The molecule has 4 nitrogen and oxygen atoms in total. The summed E-state index contributed by atoms with van der Waals surface area (Å²) in [6.07, 6.45) is 5.71. The molecule has 1 N–H and O–H groups in total. The number of rotatable bonds is 7. The molecule has 2 heterocycles. The first-order valence-electron chi connectivity index (χ1n) is 7.73. The van der Waals surface area contributed by atoms with Crippen LogP contribution in [0.4, 0.5) is 0 Å². The first-order valence-corrected chi connectivity index (χ1v) is 7.73. The van der Waals surface area contributed by atoms with Gasteiger partial charge in [0.05, 0.1) is 12.9 Å². The van der Waals surface area contributed by atoms with Crippen LogP contribution < -0.4 is 5.32 Å². The van der Waals surface area contributed by atoms with Gasteiger partial charge in [-0.15, -0.1) is 0 Å². The van der Waals surface area contributed by atoms with E-state index in [1.54, 1.807) is 0 Å². The predicted octanol–water partition coefficient (Wildman–Crippen LogP) is 2.78. The van der Waals surface area contributed by atoms with Crippen LogP contribution in [0.15, 0.2) is 16.7 Å². The fraction of sp³-hybridized carbons (Fsp3) is 0.750. The Morgan fingerprint density at radius 1 is 1.45 bits per heavy atom. The number of likely N-dealkylation sites (tertiary alicyclic amines) is 1. The van der Waals surface area contributed by atoms with E-state index in [4.69, 9.17) is 9.15 Å². The molecule has 1 aromatic rings. The molecule has 0 saturated carbocycles. The molecule has 20 heavy (non-hydrogen) atoms. The molecule has 0 aromatic carbocycles. The molecule has 1 atom stereocenters. The van der Waals surface area contributed by atoms with Crippen LogP contribution in [0.3, 0.4) is 0 Å². The molecule has 0 radical (unpaired) electrons. The van der Waals surface area contributed by atoms with E-state index in [2.05, 4.69) is 37.2 Å². The van der Waals surface area contributed by atoms with E-state index in [0.717, 1.165) is 18.9 Å². The van der Waals surface area contributed by atoms with Crippen molar-refractivity contribution in [2.75, 3.05) is 20.2 Å². The van der Waals surface area contributed by atoms with E-state index in [0.29, 0.717) is 18.7 Å². The van der Waals surface area contributed by atoms with Crippen molar-refractivity contribution in [1.82, 2.24) is 10.2 Å². The van der Waals surface area contributed by atoms with Gasteiger partial charge in [0, 0.05) is 24.2 Å². The van der Waals surface area contributed by atoms with Gasteiger partial charge in [-0.05, 0) is 32.5 Å². The normalized spacial score (nSPS) is 20.7. The van der Waals surface area contributed by atoms with E-state index in [-0.39, 0.29) is 0 Å². The summed E-state index contributed by atoms with van der Waals surface area (Å²) in [4.78, 5) is 2.41. The largest absolute Gasteiger partial charge is 0.467 e. The van der Waals surface area contributed by atoms with Crippen LogP contribution in [0.5, 0.6) is 0 Å². The Kier molecular flexibility index (Phi) is 6.07. The van der Waals surface area contributed by atoms with Crippen LogP contribution in [-0.2, 0) is 17.9 Å². The standard InChI is InChI=1S/C16H28N2O2/c1-13(2)17-9-14-8-16(20-10-14)12-19-11-15-6-4-5-7-18(15)3/h8,10,13,15,17H,4-7,9,11-12H2,1-3H3. The van der Waals surface area contributed by atoms with Crippen LogP contribution in [-0.4, -0.2) is 37.2 Å². The molecular formula is C16H28N2O2. The van der Waals surface area contributed by atoms with Gasteiger partial charge in [0.15, 0.2) is 0 Å². The molecule has 2 rings (SSSR count). The molecule has 0 aliphatic carbocycles. The molecule has 1 saturated heterocycles. The maximum Gasteiger partial charge on any atom is 0.129 e. The van der Waals surface area contributed by atoms with Crippen molar-refractivity contribution in [3.63, 3.8) is 0 Å². The fourth-order valence-corrected chi connectivity index (χ4v) is 2.57. The SMILES string of the molecule is CC(C)NCc1coc(COCC2CCCCN2C)c1. The van der Waals surface area contributed by atoms with E-state index in [1.807, 2.05) is 6.26 Å². The first kappa shape index (κ1) is 15.5.